The third kappa shape index (κ3) is 3.00. The second-order valence-electron chi connectivity index (χ2n) is 4.10. The molecular formula is C14H14ClNO2. The second kappa shape index (κ2) is 5.38. The first-order valence-corrected chi connectivity index (χ1v) is 6.02. The van der Waals surface area contributed by atoms with E-state index in [1.165, 1.54) is 0 Å². The quantitative estimate of drug-likeness (QED) is 0.914. The highest BCUT2D eigenvalue weighted by molar-refractivity contribution is 6.32. The van der Waals surface area contributed by atoms with Crippen molar-refractivity contribution in [2.24, 2.45) is 0 Å². The number of ether oxygens (including phenoxy) is 1. The van der Waals surface area contributed by atoms with Crippen molar-refractivity contribution < 1.29 is 9.84 Å². The highest BCUT2D eigenvalue weighted by Crippen LogP contribution is 2.31. The molecule has 0 aliphatic heterocycles. The zero-order valence-electron chi connectivity index (χ0n) is 10.2. The van der Waals surface area contributed by atoms with Crippen LogP contribution in [0.25, 0.3) is 0 Å². The zero-order valence-corrected chi connectivity index (χ0v) is 11.0. The van der Waals surface area contributed by atoms with Gasteiger partial charge < -0.3 is 9.84 Å². The molecule has 1 unspecified atom stereocenters. The summed E-state index contributed by atoms with van der Waals surface area (Å²) < 4.78 is 5.62. The van der Waals surface area contributed by atoms with E-state index in [0.717, 1.165) is 11.3 Å². The minimum absolute atomic E-state index is 0.467. The predicted octanol–water partition coefficient (Wildman–Crippen LogP) is 3.89. The highest BCUT2D eigenvalue weighted by Gasteiger charge is 2.07. The van der Waals surface area contributed by atoms with Crippen LogP contribution in [0.1, 0.15) is 24.3 Å². The van der Waals surface area contributed by atoms with E-state index in [2.05, 4.69) is 4.98 Å². The molecule has 0 saturated carbocycles. The lowest BCUT2D eigenvalue weighted by Gasteiger charge is -2.10. The van der Waals surface area contributed by atoms with Gasteiger partial charge in [0, 0.05) is 5.69 Å². The first-order chi connectivity index (χ1) is 8.56. The Hall–Kier alpha value is -1.58. The minimum atomic E-state index is -0.544. The van der Waals surface area contributed by atoms with Gasteiger partial charge in [0.2, 0.25) is 0 Å². The molecule has 0 aliphatic rings. The average molecular weight is 264 g/mol. The maximum atomic E-state index is 9.45. The van der Waals surface area contributed by atoms with Gasteiger partial charge in [-0.05, 0) is 43.7 Å². The van der Waals surface area contributed by atoms with Crippen molar-refractivity contribution in [2.45, 2.75) is 20.0 Å². The Bertz CT molecular complexity index is 538. The monoisotopic (exact) mass is 263 g/mol. The van der Waals surface area contributed by atoms with Gasteiger partial charge in [-0.25, -0.2) is 0 Å². The fourth-order valence-corrected chi connectivity index (χ4v) is 1.73. The summed E-state index contributed by atoms with van der Waals surface area (Å²) in [4.78, 5) is 4.14. The number of aryl methyl sites for hydroxylation is 1. The van der Waals surface area contributed by atoms with Crippen molar-refractivity contribution >= 4 is 11.6 Å². The van der Waals surface area contributed by atoms with Gasteiger partial charge in [-0.15, -0.1) is 0 Å². The van der Waals surface area contributed by atoms with Crippen molar-refractivity contribution in [2.75, 3.05) is 0 Å². The lowest BCUT2D eigenvalue weighted by atomic mass is 10.1. The van der Waals surface area contributed by atoms with Gasteiger partial charge in [0.25, 0.3) is 0 Å². The van der Waals surface area contributed by atoms with Crippen LogP contribution in [0.5, 0.6) is 11.5 Å². The van der Waals surface area contributed by atoms with Gasteiger partial charge >= 0.3 is 0 Å². The van der Waals surface area contributed by atoms with Crippen molar-refractivity contribution in [3.05, 3.63) is 52.8 Å². The van der Waals surface area contributed by atoms with Crippen LogP contribution in [0.2, 0.25) is 5.02 Å². The molecule has 1 atom stereocenters. The summed E-state index contributed by atoms with van der Waals surface area (Å²) >= 11 is 6.10. The van der Waals surface area contributed by atoms with Crippen LogP contribution in [0, 0.1) is 6.92 Å². The lowest BCUT2D eigenvalue weighted by molar-refractivity contribution is 0.199. The van der Waals surface area contributed by atoms with E-state index in [9.17, 15) is 5.11 Å². The van der Waals surface area contributed by atoms with Crippen LogP contribution in [0.3, 0.4) is 0 Å². The van der Waals surface area contributed by atoms with Crippen molar-refractivity contribution in [1.29, 1.82) is 0 Å². The summed E-state index contributed by atoms with van der Waals surface area (Å²) in [5, 5.41) is 9.92. The summed E-state index contributed by atoms with van der Waals surface area (Å²) in [6.07, 6.45) is 1.10. The molecule has 1 aromatic carbocycles. The van der Waals surface area contributed by atoms with Crippen molar-refractivity contribution in [3.8, 4) is 11.5 Å². The SMILES string of the molecule is Cc1ccc(Oc2ccc(C(C)O)cc2Cl)cn1. The van der Waals surface area contributed by atoms with Crippen molar-refractivity contribution in [3.63, 3.8) is 0 Å². The number of hydrogen-bond donors (Lipinski definition) is 1. The number of benzene rings is 1. The molecule has 18 heavy (non-hydrogen) atoms. The number of hydrogen-bond acceptors (Lipinski definition) is 3. The molecule has 1 N–H and O–H groups in total. The fourth-order valence-electron chi connectivity index (χ4n) is 1.50. The van der Waals surface area contributed by atoms with E-state index >= 15 is 0 Å². The van der Waals surface area contributed by atoms with E-state index in [1.54, 1.807) is 31.3 Å². The average Bonchev–Trinajstić information content (AvgIpc) is 2.34. The Balaban J connectivity index is 2.22. The standard InChI is InChI=1S/C14H14ClNO2/c1-9-3-5-12(8-16-9)18-14-6-4-11(10(2)17)7-13(14)15/h3-8,10,17H,1-2H3. The van der Waals surface area contributed by atoms with E-state index < -0.39 is 6.10 Å². The van der Waals surface area contributed by atoms with E-state index in [4.69, 9.17) is 16.3 Å². The Morgan fingerprint density at radius 3 is 2.61 bits per heavy atom. The third-order valence-corrected chi connectivity index (χ3v) is 2.85. The van der Waals surface area contributed by atoms with Crippen LogP contribution in [-0.4, -0.2) is 10.1 Å². The normalized spacial score (nSPS) is 12.2. The van der Waals surface area contributed by atoms with E-state index in [1.807, 2.05) is 19.1 Å². The Morgan fingerprint density at radius 1 is 1.28 bits per heavy atom. The van der Waals surface area contributed by atoms with Crippen LogP contribution < -0.4 is 4.74 Å². The van der Waals surface area contributed by atoms with E-state index in [0.29, 0.717) is 16.5 Å². The van der Waals surface area contributed by atoms with Crippen LogP contribution in [-0.2, 0) is 0 Å². The molecular weight excluding hydrogens is 250 g/mol. The molecule has 0 saturated heterocycles. The Kier molecular flexibility index (Phi) is 3.84. The van der Waals surface area contributed by atoms with Gasteiger partial charge in [0.1, 0.15) is 11.5 Å². The van der Waals surface area contributed by atoms with Gasteiger partial charge in [-0.3, -0.25) is 4.98 Å². The smallest absolute Gasteiger partial charge is 0.146 e. The molecule has 0 fully saturated rings. The number of nitrogens with zero attached hydrogens (tertiary/aromatic N) is 1. The number of aromatic nitrogens is 1. The molecule has 1 aromatic heterocycles. The first kappa shape index (κ1) is 12.9. The Morgan fingerprint density at radius 2 is 2.06 bits per heavy atom. The highest BCUT2D eigenvalue weighted by atomic mass is 35.5. The number of rotatable bonds is 3. The topological polar surface area (TPSA) is 42.4 Å². The van der Waals surface area contributed by atoms with Gasteiger partial charge in [0.15, 0.2) is 0 Å². The van der Waals surface area contributed by atoms with Gasteiger partial charge in [-0.1, -0.05) is 17.7 Å². The zero-order chi connectivity index (χ0) is 13.1. The van der Waals surface area contributed by atoms with Crippen LogP contribution >= 0.6 is 11.6 Å². The third-order valence-electron chi connectivity index (χ3n) is 2.55. The maximum Gasteiger partial charge on any atom is 0.146 e. The van der Waals surface area contributed by atoms with Gasteiger partial charge in [0.05, 0.1) is 17.3 Å². The van der Waals surface area contributed by atoms with E-state index in [-0.39, 0.29) is 0 Å². The lowest BCUT2D eigenvalue weighted by Crippen LogP contribution is -1.92. The summed E-state index contributed by atoms with van der Waals surface area (Å²) in [6, 6.07) is 8.93. The maximum absolute atomic E-state index is 9.45. The summed E-state index contributed by atoms with van der Waals surface area (Å²) in [7, 11) is 0. The molecule has 4 heteroatoms. The number of halogens is 1. The molecule has 0 spiro atoms. The molecule has 1 heterocycles. The molecule has 2 rings (SSSR count). The van der Waals surface area contributed by atoms with Gasteiger partial charge in [-0.2, -0.15) is 0 Å². The number of aliphatic hydroxyl groups excluding tert-OH is 1. The largest absolute Gasteiger partial charge is 0.454 e. The number of pyridine rings is 1. The molecule has 0 amide bonds. The summed E-state index contributed by atoms with van der Waals surface area (Å²) in [5.74, 6) is 1.18. The second-order valence-corrected chi connectivity index (χ2v) is 4.51. The molecule has 3 nitrogen and oxygen atoms in total. The molecule has 0 bridgehead atoms. The van der Waals surface area contributed by atoms with Crippen LogP contribution in [0.15, 0.2) is 36.5 Å². The molecule has 94 valence electrons. The minimum Gasteiger partial charge on any atom is -0.454 e. The van der Waals surface area contributed by atoms with Crippen LogP contribution in [0.4, 0.5) is 0 Å². The first-order valence-electron chi connectivity index (χ1n) is 5.64. The molecule has 0 aliphatic carbocycles. The fraction of sp³-hybridized carbons (Fsp3) is 0.214. The molecule has 2 aromatic rings. The van der Waals surface area contributed by atoms with Crippen molar-refractivity contribution in [1.82, 2.24) is 4.98 Å². The Labute approximate surface area is 111 Å². The molecule has 0 radical (unpaired) electrons. The predicted molar refractivity (Wildman–Crippen MR) is 71.1 cm³/mol. The summed E-state index contributed by atoms with van der Waals surface area (Å²) in [6.45, 7) is 3.60. The summed E-state index contributed by atoms with van der Waals surface area (Å²) in [5.41, 5.74) is 1.69. The number of aliphatic hydroxyl groups is 1.